The average Bonchev–Trinajstić information content (AvgIpc) is 3.67. The lowest BCUT2D eigenvalue weighted by Gasteiger charge is -2.30. The maximum Gasteiger partial charge on any atom is 0.328 e. The SMILES string of the molecule is CCCCCCCCCCCCC/C=C/C(=O)N(O)CCCC[C@H](NC(=O)[C@@H]1CCC(c2ccccc2O)=N1)C(=O)OC(C(C)C)C(C)C(=O)N[C@H]1CCCCN(O)C1=O. The van der Waals surface area contributed by atoms with Gasteiger partial charge in [0, 0.05) is 30.4 Å². The molecular formula is C46H73N5O9. The number of carbonyl (C=O) groups is 5. The van der Waals surface area contributed by atoms with Crippen LogP contribution in [0.15, 0.2) is 41.4 Å². The number of allylic oxidation sites excluding steroid dienone is 1. The van der Waals surface area contributed by atoms with E-state index >= 15 is 0 Å². The van der Waals surface area contributed by atoms with Crippen LogP contribution < -0.4 is 10.6 Å². The first-order chi connectivity index (χ1) is 28.8. The van der Waals surface area contributed by atoms with Crippen LogP contribution in [0.25, 0.3) is 0 Å². The van der Waals surface area contributed by atoms with Gasteiger partial charge in [-0.25, -0.2) is 14.9 Å². The highest BCUT2D eigenvalue weighted by Gasteiger charge is 2.37. The van der Waals surface area contributed by atoms with Gasteiger partial charge in [0.25, 0.3) is 11.8 Å². The van der Waals surface area contributed by atoms with E-state index in [1.165, 1.54) is 63.9 Å². The van der Waals surface area contributed by atoms with Crippen LogP contribution in [0.1, 0.15) is 162 Å². The number of aromatic hydroxyl groups is 1. The number of esters is 1. The molecule has 0 aromatic heterocycles. The lowest BCUT2D eigenvalue weighted by molar-refractivity contribution is -0.168. The number of benzene rings is 1. The minimum atomic E-state index is -1.13. The summed E-state index contributed by atoms with van der Waals surface area (Å²) in [6.07, 6.45) is 20.0. The summed E-state index contributed by atoms with van der Waals surface area (Å²) in [5.74, 6) is -3.98. The highest BCUT2D eigenvalue weighted by molar-refractivity contribution is 6.06. The molecule has 1 aromatic carbocycles. The van der Waals surface area contributed by atoms with Gasteiger partial charge in [-0.2, -0.15) is 0 Å². The molecule has 2 aliphatic rings. The van der Waals surface area contributed by atoms with Crippen LogP contribution in [0.4, 0.5) is 0 Å². The third kappa shape index (κ3) is 17.4. The number of para-hydroxylation sites is 1. The second-order valence-corrected chi connectivity index (χ2v) is 16.8. The topological polar surface area (TPSA) is 198 Å². The zero-order valence-corrected chi connectivity index (χ0v) is 36.6. The number of nitrogens with zero attached hydrogens (tertiary/aromatic N) is 3. The van der Waals surface area contributed by atoms with Crippen LogP contribution in [0.3, 0.4) is 0 Å². The molecule has 0 spiro atoms. The Bertz CT molecular complexity index is 1570. The molecule has 336 valence electrons. The average molecular weight is 840 g/mol. The van der Waals surface area contributed by atoms with E-state index in [0.717, 1.165) is 19.3 Å². The minimum absolute atomic E-state index is 0.0190. The Balaban J connectivity index is 1.55. The Kier molecular flexibility index (Phi) is 23.0. The molecule has 0 aliphatic carbocycles. The molecule has 4 amide bonds. The highest BCUT2D eigenvalue weighted by atomic mass is 16.5. The highest BCUT2D eigenvalue weighted by Crippen LogP contribution is 2.26. The van der Waals surface area contributed by atoms with Crippen LogP contribution in [0.2, 0.25) is 0 Å². The number of hydrogen-bond donors (Lipinski definition) is 5. The first kappa shape index (κ1) is 50.1. The maximum absolute atomic E-state index is 13.9. The quantitative estimate of drug-likeness (QED) is 0.0195. The minimum Gasteiger partial charge on any atom is -0.507 e. The van der Waals surface area contributed by atoms with Gasteiger partial charge >= 0.3 is 5.97 Å². The standard InChI is InChI=1S/C46H73N5O9/c1-5-6-7-8-9-10-11-12-13-14-15-16-17-28-41(53)50(58)31-22-21-26-39(49-44(55)37-30-29-36(47-37)35-24-18-19-27-40(35)52)46(57)60-42(33(2)3)34(4)43(54)48-38-25-20-23-32-51(59)45(38)56/h17-19,24,27-28,33-34,37-39,42,52,58-59H,5-16,20-23,25-26,29-32H2,1-4H3,(H,48,54)(H,49,55)/b28-17+/t34?,37-,38-,39-,42?/m0/s1. The van der Waals surface area contributed by atoms with E-state index < -0.39 is 59.7 Å². The van der Waals surface area contributed by atoms with Crippen molar-refractivity contribution in [3.05, 3.63) is 42.0 Å². The van der Waals surface area contributed by atoms with Gasteiger partial charge in [-0.1, -0.05) is 110 Å². The number of hydroxylamine groups is 4. The molecule has 5 atom stereocenters. The van der Waals surface area contributed by atoms with E-state index in [0.29, 0.717) is 66.3 Å². The molecule has 14 heteroatoms. The molecule has 0 saturated carbocycles. The van der Waals surface area contributed by atoms with Crippen LogP contribution in [-0.4, -0.2) is 98.3 Å². The van der Waals surface area contributed by atoms with E-state index in [1.807, 2.05) is 0 Å². The van der Waals surface area contributed by atoms with E-state index in [1.54, 1.807) is 51.1 Å². The number of phenolic OH excluding ortho intramolecular Hbond substituents is 1. The Labute approximate surface area is 357 Å². The predicted octanol–water partition coefficient (Wildman–Crippen LogP) is 7.56. The summed E-state index contributed by atoms with van der Waals surface area (Å²) in [7, 11) is 0. The number of unbranched alkanes of at least 4 members (excludes halogenated alkanes) is 12. The molecule has 2 unspecified atom stereocenters. The first-order valence-corrected chi connectivity index (χ1v) is 22.7. The van der Waals surface area contributed by atoms with Gasteiger partial charge in [0.2, 0.25) is 11.8 Å². The third-order valence-corrected chi connectivity index (χ3v) is 11.5. The number of phenols is 1. The van der Waals surface area contributed by atoms with Crippen molar-refractivity contribution >= 4 is 35.3 Å². The third-order valence-electron chi connectivity index (χ3n) is 11.5. The van der Waals surface area contributed by atoms with Crippen molar-refractivity contribution in [3.8, 4) is 5.75 Å². The molecule has 0 bridgehead atoms. The molecule has 60 heavy (non-hydrogen) atoms. The van der Waals surface area contributed by atoms with Gasteiger partial charge in [-0.3, -0.25) is 34.6 Å². The summed E-state index contributed by atoms with van der Waals surface area (Å²) in [4.78, 5) is 70.6. The molecule has 1 aromatic rings. The number of rotatable bonds is 27. The molecule has 0 radical (unpaired) electrons. The number of nitrogens with one attached hydrogen (secondary N) is 2. The number of ether oxygens (including phenoxy) is 1. The summed E-state index contributed by atoms with van der Waals surface area (Å²) in [6.45, 7) is 7.64. The lowest BCUT2D eigenvalue weighted by atomic mass is 9.93. The van der Waals surface area contributed by atoms with Gasteiger partial charge in [0.05, 0.1) is 5.92 Å². The molecular weight excluding hydrogens is 767 g/mol. The lowest BCUT2D eigenvalue weighted by Crippen LogP contribution is -2.51. The number of amides is 4. The van der Waals surface area contributed by atoms with Crippen molar-refractivity contribution < 1.29 is 44.2 Å². The second kappa shape index (κ2) is 27.5. The number of hydrogen-bond acceptors (Lipinski definition) is 10. The van der Waals surface area contributed by atoms with E-state index in [4.69, 9.17) is 4.74 Å². The normalized spacial score (nSPS) is 18.5. The predicted molar refractivity (Wildman–Crippen MR) is 230 cm³/mol. The van der Waals surface area contributed by atoms with E-state index in [-0.39, 0.29) is 31.2 Å². The molecule has 2 heterocycles. The summed E-state index contributed by atoms with van der Waals surface area (Å²) in [5, 5.41) is 37.6. The van der Waals surface area contributed by atoms with Gasteiger partial charge in [-0.05, 0) is 82.3 Å². The zero-order valence-electron chi connectivity index (χ0n) is 36.6. The summed E-state index contributed by atoms with van der Waals surface area (Å²) >= 11 is 0. The first-order valence-electron chi connectivity index (χ1n) is 22.7. The van der Waals surface area contributed by atoms with Crippen LogP contribution in [-0.2, 0) is 28.7 Å². The maximum atomic E-state index is 13.9. The molecule has 2 aliphatic heterocycles. The van der Waals surface area contributed by atoms with Crippen LogP contribution in [0.5, 0.6) is 5.75 Å². The van der Waals surface area contributed by atoms with Crippen molar-refractivity contribution in [2.24, 2.45) is 16.8 Å². The second-order valence-electron chi connectivity index (χ2n) is 16.8. The van der Waals surface area contributed by atoms with Gasteiger partial charge in [-0.15, -0.1) is 0 Å². The molecule has 14 nitrogen and oxygen atoms in total. The molecule has 3 rings (SSSR count). The monoisotopic (exact) mass is 840 g/mol. The Morgan fingerprint density at radius 2 is 1.60 bits per heavy atom. The van der Waals surface area contributed by atoms with Crippen molar-refractivity contribution in [2.75, 3.05) is 13.1 Å². The fourth-order valence-corrected chi connectivity index (χ4v) is 7.78. The van der Waals surface area contributed by atoms with Crippen LogP contribution in [0, 0.1) is 11.8 Å². The Hall–Kier alpha value is -4.30. The van der Waals surface area contributed by atoms with E-state index in [9.17, 15) is 39.5 Å². The number of carbonyl (C=O) groups excluding carboxylic acids is 5. The summed E-state index contributed by atoms with van der Waals surface area (Å²) in [6, 6.07) is 3.93. The van der Waals surface area contributed by atoms with Crippen molar-refractivity contribution in [1.82, 2.24) is 20.8 Å². The smallest absolute Gasteiger partial charge is 0.328 e. The summed E-state index contributed by atoms with van der Waals surface area (Å²) in [5.41, 5.74) is 1.13. The van der Waals surface area contributed by atoms with Crippen LogP contribution >= 0.6 is 0 Å². The van der Waals surface area contributed by atoms with Crippen molar-refractivity contribution in [2.45, 2.75) is 180 Å². The molecule has 1 fully saturated rings. The van der Waals surface area contributed by atoms with Crippen molar-refractivity contribution in [1.29, 1.82) is 0 Å². The van der Waals surface area contributed by atoms with Gasteiger partial charge in [0.15, 0.2) is 0 Å². The fraction of sp³-hybridized carbons (Fsp3) is 0.696. The van der Waals surface area contributed by atoms with Gasteiger partial charge in [0.1, 0.15) is 30.0 Å². The summed E-state index contributed by atoms with van der Waals surface area (Å²) < 4.78 is 5.97. The van der Waals surface area contributed by atoms with Gasteiger partial charge < -0.3 is 20.5 Å². The molecule has 1 saturated heterocycles. The Morgan fingerprint density at radius 3 is 2.27 bits per heavy atom. The van der Waals surface area contributed by atoms with E-state index in [2.05, 4.69) is 22.5 Å². The van der Waals surface area contributed by atoms with Crippen molar-refractivity contribution in [3.63, 3.8) is 0 Å². The molecule has 5 N–H and O–H groups in total. The fourth-order valence-electron chi connectivity index (χ4n) is 7.78. The largest absolute Gasteiger partial charge is 0.507 e. The number of aliphatic imine (C=N–C) groups is 1. The Morgan fingerprint density at radius 1 is 0.933 bits per heavy atom. The zero-order chi connectivity index (χ0) is 43.9.